The molecule has 160 valence electrons. The average Bonchev–Trinajstić information content (AvgIpc) is 2.85. The molecule has 32 heavy (non-hydrogen) atoms. The van der Waals surface area contributed by atoms with Crippen molar-refractivity contribution in [1.29, 1.82) is 0 Å². The molecule has 1 aromatic carbocycles. The summed E-state index contributed by atoms with van der Waals surface area (Å²) in [6.07, 6.45) is 8.70. The fourth-order valence-corrected chi connectivity index (χ4v) is 3.25. The first-order chi connectivity index (χ1) is 15.7. The number of hydrogen-bond donors (Lipinski definition) is 3. The van der Waals surface area contributed by atoms with Crippen molar-refractivity contribution in [1.82, 2.24) is 25.3 Å². The molecule has 0 bridgehead atoms. The van der Waals surface area contributed by atoms with E-state index in [0.29, 0.717) is 18.8 Å². The summed E-state index contributed by atoms with van der Waals surface area (Å²) in [7, 11) is 0. The second-order valence-electron chi connectivity index (χ2n) is 7.14. The molecule has 0 spiro atoms. The summed E-state index contributed by atoms with van der Waals surface area (Å²) in [5.74, 6) is 0.262. The number of hydrogen-bond acceptors (Lipinski definition) is 6. The van der Waals surface area contributed by atoms with Crippen molar-refractivity contribution in [2.24, 2.45) is 0 Å². The Labute approximate surface area is 184 Å². The lowest BCUT2D eigenvalue weighted by Gasteiger charge is -2.18. The molecule has 0 aliphatic heterocycles. The minimum Gasteiger partial charge on any atom is -0.327 e. The number of anilines is 1. The van der Waals surface area contributed by atoms with Gasteiger partial charge in [-0.15, -0.1) is 0 Å². The van der Waals surface area contributed by atoms with Gasteiger partial charge in [0, 0.05) is 36.5 Å². The third kappa shape index (κ3) is 5.50. The van der Waals surface area contributed by atoms with Gasteiger partial charge < -0.3 is 10.3 Å². The first kappa shape index (κ1) is 21.1. The lowest BCUT2D eigenvalue weighted by Crippen LogP contribution is -2.42. The quantitative estimate of drug-likeness (QED) is 0.399. The number of H-pyrrole nitrogens is 1. The van der Waals surface area contributed by atoms with Gasteiger partial charge in [0.1, 0.15) is 11.5 Å². The highest BCUT2D eigenvalue weighted by atomic mass is 16.2. The summed E-state index contributed by atoms with van der Waals surface area (Å²) in [4.78, 5) is 40.6. The lowest BCUT2D eigenvalue weighted by atomic mass is 10.0. The molecule has 3 heterocycles. The normalized spacial score (nSPS) is 11.6. The largest absolute Gasteiger partial charge is 0.327 e. The Morgan fingerprint density at radius 2 is 1.69 bits per heavy atom. The van der Waals surface area contributed by atoms with E-state index in [9.17, 15) is 9.59 Å². The Bertz CT molecular complexity index is 1210. The van der Waals surface area contributed by atoms with Crippen LogP contribution in [0.15, 0.2) is 90.4 Å². The molecular formula is C24H22N6O2. The van der Waals surface area contributed by atoms with Crippen molar-refractivity contribution in [3.63, 3.8) is 0 Å². The number of nitrogens with one attached hydrogen (secondary N) is 3. The maximum Gasteiger partial charge on any atom is 0.271 e. The Morgan fingerprint density at radius 1 is 0.938 bits per heavy atom. The van der Waals surface area contributed by atoms with Crippen LogP contribution in [0.4, 0.5) is 5.69 Å². The van der Waals surface area contributed by atoms with Crippen LogP contribution in [0.2, 0.25) is 0 Å². The molecule has 4 aromatic rings. The smallest absolute Gasteiger partial charge is 0.271 e. The zero-order valence-electron chi connectivity index (χ0n) is 17.2. The number of rotatable bonds is 8. The standard InChI is InChI=1S/C24H22N6O2/c31-23-21(14-19(15-29-23)18-7-11-25-12-8-18)30-24(32)20(13-17-5-2-1-3-6-17)28-16-22-26-9-4-10-27-22/h1-12,14-15,20,28H,13,16H2,(H,29,31)(H,30,32)/t20-/m0/s1. The van der Waals surface area contributed by atoms with E-state index >= 15 is 0 Å². The maximum atomic E-state index is 13.2. The molecule has 0 saturated heterocycles. The van der Waals surface area contributed by atoms with Gasteiger partial charge in [0.2, 0.25) is 5.91 Å². The number of aromatic nitrogens is 4. The van der Waals surface area contributed by atoms with E-state index in [1.165, 1.54) is 0 Å². The maximum absolute atomic E-state index is 13.2. The van der Waals surface area contributed by atoms with Crippen LogP contribution in [0, 0.1) is 0 Å². The predicted octanol–water partition coefficient (Wildman–Crippen LogP) is 2.57. The summed E-state index contributed by atoms with van der Waals surface area (Å²) < 4.78 is 0. The zero-order chi connectivity index (χ0) is 22.2. The van der Waals surface area contributed by atoms with Gasteiger partial charge in [-0.3, -0.25) is 19.9 Å². The van der Waals surface area contributed by atoms with Crippen molar-refractivity contribution in [2.45, 2.75) is 19.0 Å². The van der Waals surface area contributed by atoms with Gasteiger partial charge in [-0.2, -0.15) is 0 Å². The van der Waals surface area contributed by atoms with Crippen molar-refractivity contribution in [3.8, 4) is 11.1 Å². The van der Waals surface area contributed by atoms with Crippen LogP contribution in [0.3, 0.4) is 0 Å². The van der Waals surface area contributed by atoms with Crippen molar-refractivity contribution in [2.75, 3.05) is 5.32 Å². The number of carbonyl (C=O) groups excluding carboxylic acids is 1. The predicted molar refractivity (Wildman–Crippen MR) is 122 cm³/mol. The van der Waals surface area contributed by atoms with Gasteiger partial charge in [-0.05, 0) is 41.8 Å². The molecule has 0 fully saturated rings. The highest BCUT2D eigenvalue weighted by Gasteiger charge is 2.20. The zero-order valence-corrected chi connectivity index (χ0v) is 17.2. The van der Waals surface area contributed by atoms with Crippen LogP contribution in [0.5, 0.6) is 0 Å². The highest BCUT2D eigenvalue weighted by molar-refractivity contribution is 5.95. The molecule has 3 aromatic heterocycles. The van der Waals surface area contributed by atoms with E-state index in [1.807, 2.05) is 42.5 Å². The number of pyridine rings is 2. The number of nitrogens with zero attached hydrogens (tertiary/aromatic N) is 3. The van der Waals surface area contributed by atoms with Crippen LogP contribution < -0.4 is 16.2 Å². The topological polar surface area (TPSA) is 113 Å². The van der Waals surface area contributed by atoms with Crippen LogP contribution in [0.1, 0.15) is 11.4 Å². The van der Waals surface area contributed by atoms with Gasteiger partial charge >= 0.3 is 0 Å². The van der Waals surface area contributed by atoms with Crippen LogP contribution in [0.25, 0.3) is 11.1 Å². The summed E-state index contributed by atoms with van der Waals surface area (Å²) in [6, 6.07) is 16.2. The summed E-state index contributed by atoms with van der Waals surface area (Å²) in [5, 5.41) is 5.99. The fraction of sp³-hybridized carbons (Fsp3) is 0.125. The highest BCUT2D eigenvalue weighted by Crippen LogP contribution is 2.19. The average molecular weight is 426 g/mol. The lowest BCUT2D eigenvalue weighted by molar-refractivity contribution is -0.118. The third-order valence-corrected chi connectivity index (χ3v) is 4.90. The second-order valence-corrected chi connectivity index (χ2v) is 7.14. The van der Waals surface area contributed by atoms with E-state index < -0.39 is 6.04 Å². The number of carbonyl (C=O) groups is 1. The molecule has 0 saturated carbocycles. The Balaban J connectivity index is 1.54. The second kappa shape index (κ2) is 10.2. The minimum atomic E-state index is -0.592. The summed E-state index contributed by atoms with van der Waals surface area (Å²) in [5.41, 5.74) is 2.45. The monoisotopic (exact) mass is 426 g/mol. The first-order valence-electron chi connectivity index (χ1n) is 10.2. The van der Waals surface area contributed by atoms with E-state index in [4.69, 9.17) is 0 Å². The van der Waals surface area contributed by atoms with E-state index in [2.05, 4.69) is 30.6 Å². The van der Waals surface area contributed by atoms with E-state index in [1.54, 1.807) is 43.1 Å². The molecule has 0 aliphatic rings. The molecule has 3 N–H and O–H groups in total. The fourth-order valence-electron chi connectivity index (χ4n) is 3.25. The summed E-state index contributed by atoms with van der Waals surface area (Å²) in [6.45, 7) is 0.319. The van der Waals surface area contributed by atoms with Crippen LogP contribution >= 0.6 is 0 Å². The number of aromatic amines is 1. The van der Waals surface area contributed by atoms with Gasteiger partial charge in [-0.1, -0.05) is 30.3 Å². The minimum absolute atomic E-state index is 0.181. The van der Waals surface area contributed by atoms with Crippen molar-refractivity contribution in [3.05, 3.63) is 107 Å². The molecular weight excluding hydrogens is 404 g/mol. The Morgan fingerprint density at radius 3 is 2.44 bits per heavy atom. The molecule has 8 heteroatoms. The number of amides is 1. The molecule has 0 aliphatic carbocycles. The number of benzene rings is 1. The van der Waals surface area contributed by atoms with E-state index in [-0.39, 0.29) is 17.2 Å². The molecule has 4 rings (SSSR count). The van der Waals surface area contributed by atoms with E-state index in [0.717, 1.165) is 16.7 Å². The Kier molecular flexibility index (Phi) is 6.74. The summed E-state index contributed by atoms with van der Waals surface area (Å²) >= 11 is 0. The van der Waals surface area contributed by atoms with Crippen molar-refractivity contribution < 1.29 is 4.79 Å². The first-order valence-corrected chi connectivity index (χ1v) is 10.2. The third-order valence-electron chi connectivity index (χ3n) is 4.90. The van der Waals surface area contributed by atoms with Gasteiger partial charge in [0.15, 0.2) is 0 Å². The molecule has 0 unspecified atom stereocenters. The van der Waals surface area contributed by atoms with Gasteiger partial charge in [-0.25, -0.2) is 9.97 Å². The Hall–Kier alpha value is -4.17. The van der Waals surface area contributed by atoms with Crippen LogP contribution in [-0.2, 0) is 17.8 Å². The molecule has 8 nitrogen and oxygen atoms in total. The van der Waals surface area contributed by atoms with Gasteiger partial charge in [0.05, 0.1) is 12.6 Å². The SMILES string of the molecule is O=C(Nc1cc(-c2ccncc2)c[nH]c1=O)[C@H](Cc1ccccc1)NCc1ncccn1. The molecule has 1 amide bonds. The van der Waals surface area contributed by atoms with Gasteiger partial charge in [0.25, 0.3) is 5.56 Å². The van der Waals surface area contributed by atoms with Crippen molar-refractivity contribution >= 4 is 11.6 Å². The molecule has 1 atom stereocenters. The van der Waals surface area contributed by atoms with Crippen LogP contribution in [-0.4, -0.2) is 31.9 Å². The molecule has 0 radical (unpaired) electrons.